The van der Waals surface area contributed by atoms with Crippen LogP contribution in [0.25, 0.3) is 11.2 Å². The van der Waals surface area contributed by atoms with E-state index in [2.05, 4.69) is 15.0 Å². The minimum Gasteiger partial charge on any atom is -0.394 e. The van der Waals surface area contributed by atoms with E-state index >= 15 is 0 Å². The van der Waals surface area contributed by atoms with E-state index in [0.29, 0.717) is 11.2 Å². The number of fused-ring (bicyclic) bond motifs is 1. The number of aliphatic hydroxyl groups is 3. The lowest BCUT2D eigenvalue weighted by Gasteiger charge is -2.30. The quantitative estimate of drug-likeness (QED) is 0.553. The number of hydrogen-bond donors (Lipinski definition) is 4. The number of nitrogens with zero attached hydrogens (tertiary/aromatic N) is 4. The number of anilines is 1. The zero-order valence-electron chi connectivity index (χ0n) is 11.4. The average molecular weight is 295 g/mol. The van der Waals surface area contributed by atoms with Crippen molar-refractivity contribution in [3.63, 3.8) is 0 Å². The number of hydrogen-bond acceptors (Lipinski definition) is 8. The van der Waals surface area contributed by atoms with Crippen LogP contribution in [0.2, 0.25) is 0 Å². The summed E-state index contributed by atoms with van der Waals surface area (Å²) in [7, 11) is 0. The van der Waals surface area contributed by atoms with E-state index in [9.17, 15) is 15.3 Å². The number of aliphatic hydroxyl groups excluding tert-OH is 2. The van der Waals surface area contributed by atoms with E-state index in [1.165, 1.54) is 17.2 Å². The normalized spacial score (nSPS) is 32.9. The van der Waals surface area contributed by atoms with E-state index in [1.807, 2.05) is 0 Å². The molecule has 0 aliphatic carbocycles. The second kappa shape index (κ2) is 4.88. The zero-order chi connectivity index (χ0) is 15.2. The van der Waals surface area contributed by atoms with Crippen molar-refractivity contribution < 1.29 is 20.1 Å². The average Bonchev–Trinajstić information content (AvgIpc) is 3.01. The molecule has 0 saturated carbocycles. The SMILES string of the molecule is CC[C@@]1(O)[C@H](O)[C@@H](CO)O[C@H]1n1cnc2c(N)ncnc21. The van der Waals surface area contributed by atoms with Gasteiger partial charge in [0, 0.05) is 0 Å². The van der Waals surface area contributed by atoms with Gasteiger partial charge in [-0.1, -0.05) is 6.92 Å². The van der Waals surface area contributed by atoms with Gasteiger partial charge in [0.05, 0.1) is 12.9 Å². The number of imidazole rings is 1. The summed E-state index contributed by atoms with van der Waals surface area (Å²) in [5, 5.41) is 30.2. The topological polar surface area (TPSA) is 140 Å². The number of nitrogen functional groups attached to an aromatic ring is 1. The van der Waals surface area contributed by atoms with Crippen molar-refractivity contribution in [2.45, 2.75) is 37.4 Å². The minimum absolute atomic E-state index is 0.219. The highest BCUT2D eigenvalue weighted by Gasteiger charge is 2.55. The summed E-state index contributed by atoms with van der Waals surface area (Å²) in [4.78, 5) is 12.1. The van der Waals surface area contributed by atoms with Gasteiger partial charge < -0.3 is 25.8 Å². The molecule has 1 saturated heterocycles. The predicted octanol–water partition coefficient (Wildman–Crippen LogP) is -1.20. The summed E-state index contributed by atoms with van der Waals surface area (Å²) in [6.45, 7) is 1.32. The van der Waals surface area contributed by atoms with Crippen molar-refractivity contribution in [1.82, 2.24) is 19.5 Å². The lowest BCUT2D eigenvalue weighted by Crippen LogP contribution is -2.46. The van der Waals surface area contributed by atoms with Crippen LogP contribution in [-0.2, 0) is 4.74 Å². The van der Waals surface area contributed by atoms with E-state index in [0.717, 1.165) is 0 Å². The standard InChI is InChI=1S/C12H17N5O4/c1-2-12(20)8(19)6(3-18)21-11(12)17-5-16-7-9(13)14-4-15-10(7)17/h4-6,8,11,18-20H,2-3H2,1H3,(H2,13,14,15)/t6-,8-,11-,12-/m1/s1. The number of nitrogens with two attached hydrogens (primary N) is 1. The van der Waals surface area contributed by atoms with Crippen molar-refractivity contribution in [3.8, 4) is 0 Å². The van der Waals surface area contributed by atoms with Gasteiger partial charge >= 0.3 is 0 Å². The molecule has 0 aromatic carbocycles. The van der Waals surface area contributed by atoms with Crippen LogP contribution in [-0.4, -0.2) is 59.3 Å². The smallest absolute Gasteiger partial charge is 0.168 e. The first-order valence-electron chi connectivity index (χ1n) is 6.62. The summed E-state index contributed by atoms with van der Waals surface area (Å²) in [5.74, 6) is 0.219. The van der Waals surface area contributed by atoms with Gasteiger partial charge in [-0.15, -0.1) is 0 Å². The molecule has 1 aliphatic heterocycles. The molecule has 0 spiro atoms. The van der Waals surface area contributed by atoms with Gasteiger partial charge in [0.15, 0.2) is 17.7 Å². The number of rotatable bonds is 3. The third-order valence-corrected chi connectivity index (χ3v) is 3.98. The maximum atomic E-state index is 10.7. The molecule has 0 bridgehead atoms. The van der Waals surface area contributed by atoms with Crippen LogP contribution in [0, 0.1) is 0 Å². The molecule has 0 radical (unpaired) electrons. The van der Waals surface area contributed by atoms with Crippen molar-refractivity contribution in [2.24, 2.45) is 0 Å². The maximum Gasteiger partial charge on any atom is 0.168 e. The molecule has 2 aromatic heterocycles. The molecule has 3 rings (SSSR count). The van der Waals surface area contributed by atoms with Crippen LogP contribution < -0.4 is 5.73 Å². The molecular weight excluding hydrogens is 278 g/mol. The van der Waals surface area contributed by atoms with E-state index in [4.69, 9.17) is 10.5 Å². The maximum absolute atomic E-state index is 10.7. The summed E-state index contributed by atoms with van der Waals surface area (Å²) in [5.41, 5.74) is 4.96. The fourth-order valence-corrected chi connectivity index (χ4v) is 2.70. The summed E-state index contributed by atoms with van der Waals surface area (Å²) in [6.07, 6.45) is -0.0709. The Balaban J connectivity index is 2.11. The van der Waals surface area contributed by atoms with Gasteiger partial charge in [0.25, 0.3) is 0 Å². The fraction of sp³-hybridized carbons (Fsp3) is 0.583. The highest BCUT2D eigenvalue weighted by Crippen LogP contribution is 2.41. The largest absolute Gasteiger partial charge is 0.394 e. The molecule has 9 nitrogen and oxygen atoms in total. The Morgan fingerprint density at radius 1 is 1.43 bits per heavy atom. The van der Waals surface area contributed by atoms with Crippen LogP contribution in [0.15, 0.2) is 12.7 Å². The fourth-order valence-electron chi connectivity index (χ4n) is 2.70. The highest BCUT2D eigenvalue weighted by molar-refractivity contribution is 5.81. The van der Waals surface area contributed by atoms with Gasteiger partial charge in [-0.25, -0.2) is 15.0 Å². The van der Waals surface area contributed by atoms with Gasteiger partial charge in [0.2, 0.25) is 0 Å². The number of ether oxygens (including phenoxy) is 1. The van der Waals surface area contributed by atoms with Gasteiger partial charge in [-0.3, -0.25) is 4.57 Å². The third-order valence-electron chi connectivity index (χ3n) is 3.98. The molecule has 21 heavy (non-hydrogen) atoms. The van der Waals surface area contributed by atoms with Crippen molar-refractivity contribution >= 4 is 17.0 Å². The Hall–Kier alpha value is -1.81. The van der Waals surface area contributed by atoms with Crippen molar-refractivity contribution in [2.75, 3.05) is 12.3 Å². The first kappa shape index (κ1) is 14.1. The Kier molecular flexibility index (Phi) is 3.29. The van der Waals surface area contributed by atoms with Gasteiger partial charge in [-0.2, -0.15) is 0 Å². The molecule has 114 valence electrons. The van der Waals surface area contributed by atoms with Crippen LogP contribution in [0.4, 0.5) is 5.82 Å². The van der Waals surface area contributed by atoms with Crippen LogP contribution in [0.1, 0.15) is 19.6 Å². The Morgan fingerprint density at radius 2 is 2.19 bits per heavy atom. The lowest BCUT2D eigenvalue weighted by molar-refractivity contribution is -0.109. The monoisotopic (exact) mass is 295 g/mol. The molecule has 4 atom stereocenters. The number of aromatic nitrogens is 4. The molecule has 1 aliphatic rings. The van der Waals surface area contributed by atoms with Gasteiger partial charge in [-0.05, 0) is 6.42 Å². The second-order valence-electron chi connectivity index (χ2n) is 5.08. The van der Waals surface area contributed by atoms with E-state index < -0.39 is 30.6 Å². The molecule has 2 aromatic rings. The van der Waals surface area contributed by atoms with Crippen molar-refractivity contribution in [3.05, 3.63) is 12.7 Å². The van der Waals surface area contributed by atoms with Crippen LogP contribution in [0.3, 0.4) is 0 Å². The van der Waals surface area contributed by atoms with Gasteiger partial charge in [0.1, 0.15) is 29.7 Å². The van der Waals surface area contributed by atoms with Crippen LogP contribution in [0.5, 0.6) is 0 Å². The summed E-state index contributed by atoms with van der Waals surface area (Å²) < 4.78 is 7.09. The minimum atomic E-state index is -1.55. The molecular formula is C12H17N5O4. The molecule has 1 fully saturated rings. The Bertz CT molecular complexity index is 662. The third kappa shape index (κ3) is 1.89. The summed E-state index contributed by atoms with van der Waals surface area (Å²) >= 11 is 0. The Labute approximate surface area is 120 Å². The summed E-state index contributed by atoms with van der Waals surface area (Å²) in [6, 6.07) is 0. The molecule has 0 amide bonds. The Morgan fingerprint density at radius 3 is 2.86 bits per heavy atom. The lowest BCUT2D eigenvalue weighted by atomic mass is 9.91. The highest BCUT2D eigenvalue weighted by atomic mass is 16.6. The zero-order valence-corrected chi connectivity index (χ0v) is 11.4. The first-order chi connectivity index (χ1) is 10.0. The molecule has 9 heteroatoms. The van der Waals surface area contributed by atoms with E-state index in [1.54, 1.807) is 6.92 Å². The predicted molar refractivity (Wildman–Crippen MR) is 72.0 cm³/mol. The molecule has 0 unspecified atom stereocenters. The second-order valence-corrected chi connectivity index (χ2v) is 5.08. The van der Waals surface area contributed by atoms with Crippen molar-refractivity contribution in [1.29, 1.82) is 0 Å². The van der Waals surface area contributed by atoms with Crippen LogP contribution >= 0.6 is 0 Å². The molecule has 3 heterocycles. The first-order valence-corrected chi connectivity index (χ1v) is 6.62. The molecule has 5 N–H and O–H groups in total. The van der Waals surface area contributed by atoms with E-state index in [-0.39, 0.29) is 12.2 Å².